The van der Waals surface area contributed by atoms with Gasteiger partial charge in [-0.1, -0.05) is 0 Å². The van der Waals surface area contributed by atoms with Gasteiger partial charge < -0.3 is 0 Å². The van der Waals surface area contributed by atoms with E-state index in [1.165, 1.54) is 19.5 Å². The zero-order chi connectivity index (χ0) is 11.4. The van der Waals surface area contributed by atoms with Gasteiger partial charge in [0.05, 0.1) is 28.2 Å². The van der Waals surface area contributed by atoms with Crippen LogP contribution in [-0.4, -0.2) is 50.2 Å². The summed E-state index contributed by atoms with van der Waals surface area (Å²) in [5.74, 6) is 0. The van der Waals surface area contributed by atoms with Gasteiger partial charge in [-0.25, -0.2) is 0 Å². The molecule has 0 aromatic heterocycles. The Balaban J connectivity index is 2.59. The summed E-state index contributed by atoms with van der Waals surface area (Å²) in [5.41, 5.74) is 6.37. The molecule has 2 aliphatic rings. The lowest BCUT2D eigenvalue weighted by Crippen LogP contribution is -2.57. The molecule has 0 amide bonds. The fourth-order valence-corrected chi connectivity index (χ4v) is 3.30. The lowest BCUT2D eigenvalue weighted by Gasteiger charge is -2.44. The Hall–Kier alpha value is -0.600. The molecule has 1 aliphatic heterocycles. The molecule has 1 fully saturated rings. The van der Waals surface area contributed by atoms with Gasteiger partial charge in [0.25, 0.3) is 0 Å². The molecule has 0 bridgehead atoms. The largest absolute Gasteiger partial charge is 0.286 e. The van der Waals surface area contributed by atoms with E-state index in [4.69, 9.17) is 0 Å². The van der Waals surface area contributed by atoms with E-state index in [9.17, 15) is 0 Å². The van der Waals surface area contributed by atoms with Crippen LogP contribution in [0.4, 0.5) is 0 Å². The van der Waals surface area contributed by atoms with Crippen molar-refractivity contribution in [3.05, 3.63) is 22.5 Å². The quantitative estimate of drug-likeness (QED) is 0.535. The number of likely N-dealkylation sites (N-methyl/N-ethyl adjacent to an activating group) is 2. The third-order valence-electron chi connectivity index (χ3n) is 3.99. The van der Waals surface area contributed by atoms with Crippen molar-refractivity contribution in [3.63, 3.8) is 0 Å². The number of quaternary nitrogens is 2. The summed E-state index contributed by atoms with van der Waals surface area (Å²) in [6.07, 6.45) is 1.19. The SMILES string of the molecule is CC1=C2C(=C(C)C1)[N+](C)(C)CC[N+]2(C)C. The minimum Gasteiger partial charge on any atom is -0.286 e. The van der Waals surface area contributed by atoms with Crippen molar-refractivity contribution in [2.75, 3.05) is 41.3 Å². The van der Waals surface area contributed by atoms with Crippen LogP contribution in [0.1, 0.15) is 20.3 Å². The second kappa shape index (κ2) is 2.96. The Bertz CT molecular complexity index is 334. The molecule has 2 nitrogen and oxygen atoms in total. The van der Waals surface area contributed by atoms with E-state index in [-0.39, 0.29) is 0 Å². The van der Waals surface area contributed by atoms with Crippen molar-refractivity contribution in [1.29, 1.82) is 0 Å². The number of fused-ring (bicyclic) bond motifs is 1. The molecule has 0 aromatic rings. The van der Waals surface area contributed by atoms with Crippen LogP contribution in [0, 0.1) is 0 Å². The number of rotatable bonds is 0. The summed E-state index contributed by atoms with van der Waals surface area (Å²) in [7, 11) is 9.38. The van der Waals surface area contributed by atoms with Crippen molar-refractivity contribution in [2.24, 2.45) is 0 Å². The molecule has 84 valence electrons. The summed E-state index contributed by atoms with van der Waals surface area (Å²) in [4.78, 5) is 0. The highest BCUT2D eigenvalue weighted by molar-refractivity contribution is 5.39. The Labute approximate surface area is 93.7 Å². The van der Waals surface area contributed by atoms with Crippen molar-refractivity contribution in [2.45, 2.75) is 20.3 Å². The average molecular weight is 208 g/mol. The monoisotopic (exact) mass is 208 g/mol. The number of piperazine rings is 1. The number of nitrogens with zero attached hydrogens (tertiary/aromatic N) is 2. The van der Waals surface area contributed by atoms with Crippen molar-refractivity contribution in [3.8, 4) is 0 Å². The van der Waals surface area contributed by atoms with E-state index in [1.807, 2.05) is 0 Å². The van der Waals surface area contributed by atoms with Crippen LogP contribution in [0.25, 0.3) is 0 Å². The summed E-state index contributed by atoms with van der Waals surface area (Å²) in [6, 6.07) is 0. The Morgan fingerprint density at radius 3 is 1.40 bits per heavy atom. The van der Waals surface area contributed by atoms with Crippen molar-refractivity contribution < 1.29 is 8.97 Å². The molecule has 0 spiro atoms. The molecular weight excluding hydrogens is 184 g/mol. The molecule has 0 atom stereocenters. The number of hydrogen-bond donors (Lipinski definition) is 0. The highest BCUT2D eigenvalue weighted by Crippen LogP contribution is 2.42. The fraction of sp³-hybridized carbons (Fsp3) is 0.692. The van der Waals surface area contributed by atoms with Gasteiger partial charge in [-0.3, -0.25) is 8.97 Å². The van der Waals surface area contributed by atoms with E-state index in [0.717, 1.165) is 8.97 Å². The van der Waals surface area contributed by atoms with E-state index >= 15 is 0 Å². The first-order valence-corrected chi connectivity index (χ1v) is 5.83. The van der Waals surface area contributed by atoms with E-state index in [0.29, 0.717) is 0 Å². The van der Waals surface area contributed by atoms with E-state index in [1.54, 1.807) is 22.5 Å². The molecule has 0 aromatic carbocycles. The lowest BCUT2D eigenvalue weighted by atomic mass is 10.1. The highest BCUT2D eigenvalue weighted by atomic mass is 15.5. The minimum absolute atomic E-state index is 1.07. The van der Waals surface area contributed by atoms with Crippen LogP contribution in [0.15, 0.2) is 22.5 Å². The standard InChI is InChI=1S/C13H24N2/c1-10-9-11(2)13-12(10)14(3,4)7-8-15(13,5)6/h7-9H2,1-6H3/q+2. The first-order chi connectivity index (χ1) is 6.76. The number of allylic oxidation sites excluding steroid dienone is 2. The van der Waals surface area contributed by atoms with Crippen molar-refractivity contribution >= 4 is 0 Å². The summed E-state index contributed by atoms with van der Waals surface area (Å²) in [6.45, 7) is 7.10. The zero-order valence-corrected chi connectivity index (χ0v) is 11.0. The topological polar surface area (TPSA) is 0 Å². The Morgan fingerprint density at radius 2 is 1.07 bits per heavy atom. The summed E-state index contributed by atoms with van der Waals surface area (Å²) in [5, 5.41) is 0. The first-order valence-electron chi connectivity index (χ1n) is 5.83. The smallest absolute Gasteiger partial charge is 0.193 e. The predicted octanol–water partition coefficient (Wildman–Crippen LogP) is 2.10. The molecule has 0 unspecified atom stereocenters. The molecule has 15 heavy (non-hydrogen) atoms. The van der Waals surface area contributed by atoms with Crippen LogP contribution < -0.4 is 0 Å². The Morgan fingerprint density at radius 1 is 0.733 bits per heavy atom. The molecule has 0 N–H and O–H groups in total. The second-order valence-electron chi connectivity index (χ2n) is 6.25. The summed E-state index contributed by atoms with van der Waals surface area (Å²) < 4.78 is 2.14. The second-order valence-corrected chi connectivity index (χ2v) is 6.25. The lowest BCUT2D eigenvalue weighted by molar-refractivity contribution is -0.948. The molecule has 1 aliphatic carbocycles. The van der Waals surface area contributed by atoms with Gasteiger partial charge in [0, 0.05) is 6.42 Å². The molecule has 1 saturated heterocycles. The van der Waals surface area contributed by atoms with Crippen LogP contribution in [0.3, 0.4) is 0 Å². The van der Waals surface area contributed by atoms with Crippen LogP contribution in [0.2, 0.25) is 0 Å². The zero-order valence-electron chi connectivity index (χ0n) is 11.0. The Kier molecular flexibility index (Phi) is 2.15. The normalized spacial score (nSPS) is 28.4. The van der Waals surface area contributed by atoms with Gasteiger partial charge in [0.2, 0.25) is 0 Å². The van der Waals surface area contributed by atoms with Crippen LogP contribution in [-0.2, 0) is 0 Å². The molecular formula is C13H24N2+2. The van der Waals surface area contributed by atoms with E-state index < -0.39 is 0 Å². The summed E-state index contributed by atoms with van der Waals surface area (Å²) >= 11 is 0. The molecule has 0 radical (unpaired) electrons. The van der Waals surface area contributed by atoms with E-state index in [2.05, 4.69) is 42.0 Å². The van der Waals surface area contributed by atoms with Gasteiger partial charge in [-0.15, -0.1) is 0 Å². The molecule has 2 heteroatoms. The van der Waals surface area contributed by atoms with Gasteiger partial charge in [0.1, 0.15) is 13.1 Å². The maximum atomic E-state index is 2.34. The van der Waals surface area contributed by atoms with Gasteiger partial charge in [-0.2, -0.15) is 0 Å². The third-order valence-corrected chi connectivity index (χ3v) is 3.99. The maximum Gasteiger partial charge on any atom is 0.193 e. The molecule has 1 heterocycles. The predicted molar refractivity (Wildman–Crippen MR) is 64.0 cm³/mol. The highest BCUT2D eigenvalue weighted by Gasteiger charge is 2.47. The van der Waals surface area contributed by atoms with Gasteiger partial charge >= 0.3 is 0 Å². The van der Waals surface area contributed by atoms with Crippen LogP contribution in [0.5, 0.6) is 0 Å². The van der Waals surface area contributed by atoms with Gasteiger partial charge in [-0.05, 0) is 25.0 Å². The first kappa shape index (κ1) is 10.9. The fourth-order valence-electron chi connectivity index (χ4n) is 3.30. The average Bonchev–Trinajstić information content (AvgIpc) is 2.38. The van der Waals surface area contributed by atoms with Crippen LogP contribution >= 0.6 is 0 Å². The van der Waals surface area contributed by atoms with Crippen molar-refractivity contribution in [1.82, 2.24) is 0 Å². The maximum absolute atomic E-state index is 2.34. The third kappa shape index (κ3) is 1.47. The number of hydrogen-bond acceptors (Lipinski definition) is 0. The minimum atomic E-state index is 1.07. The van der Waals surface area contributed by atoms with Gasteiger partial charge in [0.15, 0.2) is 11.4 Å². The molecule has 0 saturated carbocycles. The molecule has 2 rings (SSSR count).